The Balaban J connectivity index is 1.50. The average molecular weight is 478 g/mol. The average Bonchev–Trinajstić information content (AvgIpc) is 3.22. The normalized spacial score (nSPS) is 17.9. The number of pyridine rings is 1. The van der Waals surface area contributed by atoms with Crippen LogP contribution in [-0.2, 0) is 23.5 Å². The number of benzene rings is 1. The van der Waals surface area contributed by atoms with Crippen LogP contribution in [0.25, 0.3) is 20.4 Å². The van der Waals surface area contributed by atoms with Crippen LogP contribution in [0.4, 0.5) is 11.6 Å². The molecule has 1 aromatic carbocycles. The lowest BCUT2D eigenvalue weighted by molar-refractivity contribution is 0.122. The lowest BCUT2D eigenvalue weighted by atomic mass is 9.94. The number of ether oxygens (including phenoxy) is 1. The van der Waals surface area contributed by atoms with Gasteiger partial charge in [0, 0.05) is 41.1 Å². The fourth-order valence-electron chi connectivity index (χ4n) is 4.73. The number of aromatic nitrogens is 3. The van der Waals surface area contributed by atoms with E-state index in [0.717, 1.165) is 71.7 Å². The third kappa shape index (κ3) is 3.94. The van der Waals surface area contributed by atoms with Crippen molar-refractivity contribution in [1.29, 1.82) is 0 Å². The fourth-order valence-corrected chi connectivity index (χ4v) is 6.94. The molecule has 2 aliphatic rings. The first kappa shape index (κ1) is 21.1. The number of nitrogens with zero attached hydrogens (tertiary/aromatic N) is 4. The van der Waals surface area contributed by atoms with Crippen LogP contribution in [0.5, 0.6) is 0 Å². The summed E-state index contributed by atoms with van der Waals surface area (Å²) in [4.78, 5) is 18.1. The third-order valence-electron chi connectivity index (χ3n) is 6.42. The van der Waals surface area contributed by atoms with Crippen LogP contribution in [0.2, 0.25) is 0 Å². The van der Waals surface area contributed by atoms with Gasteiger partial charge in [0.15, 0.2) is 0 Å². The second-order valence-corrected chi connectivity index (χ2v) is 11.9. The van der Waals surface area contributed by atoms with E-state index in [9.17, 15) is 0 Å². The molecule has 0 radical (unpaired) electrons. The molecular weight excluding hydrogens is 450 g/mol. The van der Waals surface area contributed by atoms with Crippen molar-refractivity contribution in [3.05, 3.63) is 53.3 Å². The lowest BCUT2D eigenvalue weighted by Crippen LogP contribution is -2.38. The largest absolute Gasteiger partial charge is 0.378 e. The van der Waals surface area contributed by atoms with Gasteiger partial charge in [-0.25, -0.2) is 15.0 Å². The van der Waals surface area contributed by atoms with Gasteiger partial charge in [-0.1, -0.05) is 44.2 Å². The summed E-state index contributed by atoms with van der Waals surface area (Å²) in [7, 11) is 0. The molecule has 2 aliphatic heterocycles. The van der Waals surface area contributed by atoms with Gasteiger partial charge in [-0.2, -0.15) is 11.8 Å². The highest BCUT2D eigenvalue weighted by Crippen LogP contribution is 2.47. The number of hydrogen-bond acceptors (Lipinski definition) is 8. The van der Waals surface area contributed by atoms with E-state index in [4.69, 9.17) is 14.7 Å². The van der Waals surface area contributed by atoms with Crippen LogP contribution in [0, 0.1) is 0 Å². The highest BCUT2D eigenvalue weighted by Gasteiger charge is 2.33. The van der Waals surface area contributed by atoms with Gasteiger partial charge in [-0.05, 0) is 17.5 Å². The van der Waals surface area contributed by atoms with E-state index >= 15 is 0 Å². The summed E-state index contributed by atoms with van der Waals surface area (Å²) in [6.07, 6.45) is 2.71. The smallest absolute Gasteiger partial charge is 0.147 e. The van der Waals surface area contributed by atoms with E-state index in [0.29, 0.717) is 0 Å². The summed E-state index contributed by atoms with van der Waals surface area (Å²) in [6, 6.07) is 10.4. The number of rotatable bonds is 4. The summed E-state index contributed by atoms with van der Waals surface area (Å²) in [6.45, 7) is 8.74. The van der Waals surface area contributed by atoms with E-state index in [2.05, 4.69) is 53.3 Å². The number of nitrogens with one attached hydrogen (secondary N) is 1. The lowest BCUT2D eigenvalue weighted by Gasteiger charge is -2.35. The van der Waals surface area contributed by atoms with Crippen molar-refractivity contribution in [2.45, 2.75) is 37.3 Å². The monoisotopic (exact) mass is 477 g/mol. The molecule has 0 unspecified atom stereocenters. The van der Waals surface area contributed by atoms with E-state index in [-0.39, 0.29) is 4.75 Å². The van der Waals surface area contributed by atoms with Crippen LogP contribution in [-0.4, -0.2) is 46.0 Å². The van der Waals surface area contributed by atoms with Crippen molar-refractivity contribution in [2.24, 2.45) is 0 Å². The van der Waals surface area contributed by atoms with Gasteiger partial charge in [0.2, 0.25) is 0 Å². The van der Waals surface area contributed by atoms with Gasteiger partial charge >= 0.3 is 0 Å². The first-order valence-corrected chi connectivity index (χ1v) is 13.2. The molecule has 3 aromatic heterocycles. The third-order valence-corrected chi connectivity index (χ3v) is 8.86. The van der Waals surface area contributed by atoms with E-state index < -0.39 is 0 Å². The maximum absolute atomic E-state index is 5.61. The Labute approximate surface area is 201 Å². The molecule has 6 rings (SSSR count). The molecular formula is C25H27N5OS2. The van der Waals surface area contributed by atoms with Crippen molar-refractivity contribution >= 4 is 55.2 Å². The fraction of sp³-hybridized carbons (Fsp3) is 0.400. The quantitative estimate of drug-likeness (QED) is 0.430. The highest BCUT2D eigenvalue weighted by molar-refractivity contribution is 7.99. The SMILES string of the molecule is CC1(C)Cc2c(c(N3CCOCC3)nc3sc4c(NCc5ccccc5)ncnc4c23)CS1. The van der Waals surface area contributed by atoms with Crippen molar-refractivity contribution in [3.8, 4) is 0 Å². The second kappa shape index (κ2) is 8.42. The number of anilines is 2. The molecule has 0 aliphatic carbocycles. The maximum Gasteiger partial charge on any atom is 0.147 e. The minimum absolute atomic E-state index is 0.194. The predicted molar refractivity (Wildman–Crippen MR) is 139 cm³/mol. The van der Waals surface area contributed by atoms with Crippen LogP contribution >= 0.6 is 23.1 Å². The minimum Gasteiger partial charge on any atom is -0.378 e. The predicted octanol–water partition coefficient (Wildman–Crippen LogP) is 5.26. The van der Waals surface area contributed by atoms with Gasteiger partial charge in [0.25, 0.3) is 0 Å². The zero-order valence-electron chi connectivity index (χ0n) is 18.9. The zero-order chi connectivity index (χ0) is 22.4. The molecule has 0 amide bonds. The van der Waals surface area contributed by atoms with E-state index in [1.165, 1.54) is 22.1 Å². The highest BCUT2D eigenvalue weighted by atomic mass is 32.2. The zero-order valence-corrected chi connectivity index (χ0v) is 20.6. The summed E-state index contributed by atoms with van der Waals surface area (Å²) in [5.74, 6) is 3.01. The number of fused-ring (bicyclic) bond motifs is 5. The van der Waals surface area contributed by atoms with Crippen molar-refractivity contribution in [3.63, 3.8) is 0 Å². The van der Waals surface area contributed by atoms with E-state index in [1.54, 1.807) is 17.7 Å². The van der Waals surface area contributed by atoms with E-state index in [1.807, 2.05) is 17.8 Å². The Morgan fingerprint density at radius 1 is 1.09 bits per heavy atom. The van der Waals surface area contributed by atoms with Crippen molar-refractivity contribution in [2.75, 3.05) is 36.5 Å². The first-order chi connectivity index (χ1) is 16.1. The summed E-state index contributed by atoms with van der Waals surface area (Å²) >= 11 is 3.74. The Bertz CT molecular complexity index is 1320. The molecule has 170 valence electrons. The molecule has 0 saturated carbocycles. The topological polar surface area (TPSA) is 63.2 Å². The maximum atomic E-state index is 5.61. The van der Waals surface area contributed by atoms with Crippen LogP contribution in [0.1, 0.15) is 30.5 Å². The Morgan fingerprint density at radius 3 is 2.73 bits per heavy atom. The first-order valence-electron chi connectivity index (χ1n) is 11.4. The van der Waals surface area contributed by atoms with Gasteiger partial charge < -0.3 is 15.0 Å². The molecule has 1 saturated heterocycles. The van der Waals surface area contributed by atoms with Gasteiger partial charge in [0.1, 0.15) is 22.8 Å². The van der Waals surface area contributed by atoms with Crippen LogP contribution < -0.4 is 10.2 Å². The summed E-state index contributed by atoms with van der Waals surface area (Å²) < 4.78 is 6.90. The molecule has 0 bridgehead atoms. The van der Waals surface area contributed by atoms with Gasteiger partial charge in [-0.15, -0.1) is 11.3 Å². The molecule has 5 heterocycles. The van der Waals surface area contributed by atoms with Crippen molar-refractivity contribution < 1.29 is 4.74 Å². The Kier molecular flexibility index (Phi) is 5.39. The van der Waals surface area contributed by atoms with Crippen LogP contribution in [0.3, 0.4) is 0 Å². The number of thiophene rings is 1. The Hall–Kier alpha value is -2.42. The molecule has 4 aromatic rings. The molecule has 1 fully saturated rings. The molecule has 33 heavy (non-hydrogen) atoms. The summed E-state index contributed by atoms with van der Waals surface area (Å²) in [5, 5.41) is 4.76. The number of thioether (sulfide) groups is 1. The Morgan fingerprint density at radius 2 is 1.91 bits per heavy atom. The number of hydrogen-bond donors (Lipinski definition) is 1. The molecule has 0 atom stereocenters. The molecule has 0 spiro atoms. The van der Waals surface area contributed by atoms with Crippen molar-refractivity contribution in [1.82, 2.24) is 15.0 Å². The van der Waals surface area contributed by atoms with Gasteiger partial charge in [-0.3, -0.25) is 0 Å². The summed E-state index contributed by atoms with van der Waals surface area (Å²) in [5.41, 5.74) is 5.06. The van der Waals surface area contributed by atoms with Crippen LogP contribution in [0.15, 0.2) is 36.7 Å². The second-order valence-electron chi connectivity index (χ2n) is 9.24. The number of morpholine rings is 1. The minimum atomic E-state index is 0.194. The molecule has 8 heteroatoms. The van der Waals surface area contributed by atoms with Gasteiger partial charge in [0.05, 0.1) is 23.4 Å². The molecule has 6 nitrogen and oxygen atoms in total. The molecule has 1 N–H and O–H groups in total. The standard InChI is InChI=1S/C25H27N5OS2/c1-25(2)12-17-18(14-32-25)23(30-8-10-31-11-9-30)29-24-19(17)20-21(33-24)22(28-15-27-20)26-13-16-6-4-3-5-7-16/h3-7,15H,8-14H2,1-2H3,(H,26,27,28).